The van der Waals surface area contributed by atoms with Crippen LogP contribution in [0.4, 0.5) is 0 Å². The van der Waals surface area contributed by atoms with Crippen LogP contribution in [0.5, 0.6) is 5.75 Å². The molecule has 0 bridgehead atoms. The molecule has 0 unspecified atom stereocenters. The number of carbonyl (C=O) groups is 1. The van der Waals surface area contributed by atoms with E-state index in [0.717, 1.165) is 44.8 Å². The molecule has 1 amide bonds. The molecule has 0 N–H and O–H groups in total. The van der Waals surface area contributed by atoms with Crippen LogP contribution in [0.15, 0.2) is 29.6 Å². The quantitative estimate of drug-likeness (QED) is 0.754. The highest BCUT2D eigenvalue weighted by molar-refractivity contribution is 7.09. The molecule has 0 aliphatic carbocycles. The molecule has 1 fully saturated rings. The van der Waals surface area contributed by atoms with E-state index in [0.29, 0.717) is 17.9 Å². The van der Waals surface area contributed by atoms with E-state index in [-0.39, 0.29) is 11.3 Å². The summed E-state index contributed by atoms with van der Waals surface area (Å²) in [4.78, 5) is 22.2. The third-order valence-corrected chi connectivity index (χ3v) is 6.19. The second-order valence-electron chi connectivity index (χ2n) is 8.25. The van der Waals surface area contributed by atoms with Gasteiger partial charge in [0.25, 0.3) is 5.91 Å². The zero-order valence-corrected chi connectivity index (χ0v) is 18.2. The Morgan fingerprint density at radius 2 is 1.96 bits per heavy atom. The molecule has 3 rings (SSSR count). The van der Waals surface area contributed by atoms with Gasteiger partial charge >= 0.3 is 0 Å². The standard InChI is InChI=1S/C22H31N3O2S/c1-5-27-19-10-7-6-9-18(19)20(26)25-12-8-11-24(13-14-25)15-17-16-28-21(23-17)22(2,3)4/h6-7,9-10,16H,5,8,11-15H2,1-4H3. The van der Waals surface area contributed by atoms with Crippen LogP contribution in [0.25, 0.3) is 0 Å². The second-order valence-corrected chi connectivity index (χ2v) is 9.10. The van der Waals surface area contributed by atoms with Crippen LogP contribution in [0.2, 0.25) is 0 Å². The maximum absolute atomic E-state index is 13.0. The highest BCUT2D eigenvalue weighted by Gasteiger charge is 2.24. The van der Waals surface area contributed by atoms with Crippen molar-refractivity contribution in [2.75, 3.05) is 32.8 Å². The molecule has 1 aromatic heterocycles. The van der Waals surface area contributed by atoms with Gasteiger partial charge in [0.1, 0.15) is 5.75 Å². The summed E-state index contributed by atoms with van der Waals surface area (Å²) >= 11 is 1.74. The molecule has 6 heteroatoms. The molecule has 2 heterocycles. The Morgan fingerprint density at radius 1 is 1.18 bits per heavy atom. The fourth-order valence-corrected chi connectivity index (χ4v) is 4.28. The number of thiazole rings is 1. The van der Waals surface area contributed by atoms with Crippen molar-refractivity contribution in [3.8, 4) is 5.75 Å². The van der Waals surface area contributed by atoms with Gasteiger partial charge in [0, 0.05) is 43.5 Å². The summed E-state index contributed by atoms with van der Waals surface area (Å²) in [6, 6.07) is 7.54. The first-order chi connectivity index (χ1) is 13.4. The van der Waals surface area contributed by atoms with Crippen LogP contribution in [-0.4, -0.2) is 53.5 Å². The lowest BCUT2D eigenvalue weighted by Crippen LogP contribution is -2.35. The van der Waals surface area contributed by atoms with Crippen molar-refractivity contribution in [1.29, 1.82) is 0 Å². The maximum atomic E-state index is 13.0. The van der Waals surface area contributed by atoms with Crippen LogP contribution in [0, 0.1) is 0 Å². The van der Waals surface area contributed by atoms with Gasteiger partial charge in [0.2, 0.25) is 0 Å². The first-order valence-electron chi connectivity index (χ1n) is 10.1. The summed E-state index contributed by atoms with van der Waals surface area (Å²) in [6.07, 6.45) is 0.971. The Balaban J connectivity index is 1.62. The SMILES string of the molecule is CCOc1ccccc1C(=O)N1CCCN(Cc2csc(C(C)(C)C)n2)CC1. The van der Waals surface area contributed by atoms with Crippen LogP contribution < -0.4 is 4.74 Å². The maximum Gasteiger partial charge on any atom is 0.257 e. The van der Waals surface area contributed by atoms with Crippen molar-refractivity contribution < 1.29 is 9.53 Å². The van der Waals surface area contributed by atoms with Crippen molar-refractivity contribution in [2.24, 2.45) is 0 Å². The van der Waals surface area contributed by atoms with Gasteiger partial charge in [-0.3, -0.25) is 9.69 Å². The first-order valence-corrected chi connectivity index (χ1v) is 10.9. The number of aromatic nitrogens is 1. The number of carbonyl (C=O) groups excluding carboxylic acids is 1. The van der Waals surface area contributed by atoms with Gasteiger partial charge in [-0.25, -0.2) is 4.98 Å². The predicted octanol–water partition coefficient (Wildman–Crippen LogP) is 4.19. The molecule has 1 aliphatic rings. The van der Waals surface area contributed by atoms with Crippen LogP contribution in [-0.2, 0) is 12.0 Å². The van der Waals surface area contributed by atoms with Crippen molar-refractivity contribution in [3.05, 3.63) is 45.9 Å². The lowest BCUT2D eigenvalue weighted by Gasteiger charge is -2.22. The van der Waals surface area contributed by atoms with Gasteiger partial charge < -0.3 is 9.64 Å². The number of amides is 1. The molecule has 152 valence electrons. The van der Waals surface area contributed by atoms with E-state index in [4.69, 9.17) is 9.72 Å². The van der Waals surface area contributed by atoms with E-state index in [9.17, 15) is 4.79 Å². The first kappa shape index (κ1) is 20.8. The number of hydrogen-bond donors (Lipinski definition) is 0. The van der Waals surface area contributed by atoms with E-state index >= 15 is 0 Å². The Hall–Kier alpha value is -1.92. The van der Waals surface area contributed by atoms with E-state index in [1.54, 1.807) is 11.3 Å². The molecular formula is C22H31N3O2S. The summed E-state index contributed by atoms with van der Waals surface area (Å²) in [5, 5.41) is 3.36. The second kappa shape index (κ2) is 9.05. The summed E-state index contributed by atoms with van der Waals surface area (Å²) < 4.78 is 5.65. The molecule has 1 saturated heterocycles. The Morgan fingerprint density at radius 3 is 2.68 bits per heavy atom. The fourth-order valence-electron chi connectivity index (χ4n) is 3.38. The molecule has 5 nitrogen and oxygen atoms in total. The third-order valence-electron chi connectivity index (χ3n) is 4.87. The molecule has 1 aliphatic heterocycles. The molecule has 0 saturated carbocycles. The molecule has 28 heavy (non-hydrogen) atoms. The largest absolute Gasteiger partial charge is 0.493 e. The fraction of sp³-hybridized carbons (Fsp3) is 0.545. The zero-order valence-electron chi connectivity index (χ0n) is 17.4. The monoisotopic (exact) mass is 401 g/mol. The van der Waals surface area contributed by atoms with Gasteiger partial charge in [-0.1, -0.05) is 32.9 Å². The van der Waals surface area contributed by atoms with Gasteiger partial charge in [0.15, 0.2) is 0 Å². The normalized spacial score (nSPS) is 16.1. The summed E-state index contributed by atoms with van der Waals surface area (Å²) in [5.74, 6) is 0.739. The van der Waals surface area contributed by atoms with Gasteiger partial charge in [0.05, 0.1) is 22.9 Å². The van der Waals surface area contributed by atoms with Gasteiger partial charge in [-0.15, -0.1) is 11.3 Å². The van der Waals surface area contributed by atoms with Crippen LogP contribution >= 0.6 is 11.3 Å². The number of rotatable bonds is 5. The number of nitrogens with zero attached hydrogens (tertiary/aromatic N) is 3. The third kappa shape index (κ3) is 5.11. The van der Waals surface area contributed by atoms with E-state index < -0.39 is 0 Å². The molecular weight excluding hydrogens is 370 g/mol. The van der Waals surface area contributed by atoms with E-state index in [2.05, 4.69) is 31.1 Å². The molecule has 0 spiro atoms. The van der Waals surface area contributed by atoms with Crippen molar-refractivity contribution in [3.63, 3.8) is 0 Å². The highest BCUT2D eigenvalue weighted by Crippen LogP contribution is 2.26. The topological polar surface area (TPSA) is 45.7 Å². The summed E-state index contributed by atoms with van der Waals surface area (Å²) in [5.41, 5.74) is 1.89. The molecule has 1 aromatic carbocycles. The lowest BCUT2D eigenvalue weighted by molar-refractivity contribution is 0.0757. The Kier molecular flexibility index (Phi) is 6.73. The Labute approximate surface area is 172 Å². The zero-order chi connectivity index (χ0) is 20.1. The predicted molar refractivity (Wildman–Crippen MR) is 114 cm³/mol. The lowest BCUT2D eigenvalue weighted by atomic mass is 9.98. The van der Waals surface area contributed by atoms with E-state index in [1.807, 2.05) is 36.1 Å². The summed E-state index contributed by atoms with van der Waals surface area (Å²) in [6.45, 7) is 13.3. The van der Waals surface area contributed by atoms with Crippen LogP contribution in [0.1, 0.15) is 55.2 Å². The minimum absolute atomic E-state index is 0.0644. The van der Waals surface area contributed by atoms with Crippen molar-refractivity contribution in [1.82, 2.24) is 14.8 Å². The molecule has 2 aromatic rings. The summed E-state index contributed by atoms with van der Waals surface area (Å²) in [7, 11) is 0. The number of hydrogen-bond acceptors (Lipinski definition) is 5. The average molecular weight is 402 g/mol. The Bertz CT molecular complexity index is 797. The van der Waals surface area contributed by atoms with Crippen LogP contribution in [0.3, 0.4) is 0 Å². The average Bonchev–Trinajstić information content (AvgIpc) is 3.01. The molecule has 0 atom stereocenters. The number of para-hydroxylation sites is 1. The van der Waals surface area contributed by atoms with Crippen molar-refractivity contribution >= 4 is 17.2 Å². The minimum Gasteiger partial charge on any atom is -0.493 e. The van der Waals surface area contributed by atoms with Crippen molar-refractivity contribution in [2.45, 2.75) is 46.1 Å². The number of ether oxygens (including phenoxy) is 1. The van der Waals surface area contributed by atoms with E-state index in [1.165, 1.54) is 5.01 Å². The highest BCUT2D eigenvalue weighted by atomic mass is 32.1. The minimum atomic E-state index is 0.0644. The van der Waals surface area contributed by atoms with Gasteiger partial charge in [-0.05, 0) is 25.5 Å². The van der Waals surface area contributed by atoms with Gasteiger partial charge in [-0.2, -0.15) is 0 Å². The smallest absolute Gasteiger partial charge is 0.257 e. The number of benzene rings is 1. The molecule has 0 radical (unpaired) electrons.